The lowest BCUT2D eigenvalue weighted by atomic mass is 9.79. The van der Waals surface area contributed by atoms with Gasteiger partial charge in [-0.3, -0.25) is 4.79 Å². The van der Waals surface area contributed by atoms with E-state index >= 15 is 0 Å². The van der Waals surface area contributed by atoms with Crippen molar-refractivity contribution < 1.29 is 26.7 Å². The van der Waals surface area contributed by atoms with Crippen molar-refractivity contribution >= 4 is 5.78 Å². The maximum absolute atomic E-state index is 14.0. The van der Waals surface area contributed by atoms with E-state index in [-0.39, 0.29) is 12.2 Å². The molecule has 2 rings (SSSR count). The van der Waals surface area contributed by atoms with Gasteiger partial charge in [-0.05, 0) is 26.9 Å². The summed E-state index contributed by atoms with van der Waals surface area (Å²) in [5, 5.41) is 0. The maximum Gasteiger partial charge on any atom is 0.200 e. The maximum atomic E-state index is 14.0. The smallest absolute Gasteiger partial charge is 0.200 e. The Morgan fingerprint density at radius 3 is 1.86 bits per heavy atom. The summed E-state index contributed by atoms with van der Waals surface area (Å²) >= 11 is 0. The van der Waals surface area contributed by atoms with Crippen molar-refractivity contribution in [2.24, 2.45) is 5.92 Å². The molecule has 1 saturated carbocycles. The molecule has 2 atom stereocenters. The molecule has 0 aliphatic heterocycles. The highest BCUT2D eigenvalue weighted by molar-refractivity contribution is 5.82. The van der Waals surface area contributed by atoms with Gasteiger partial charge in [-0.2, -0.15) is 0 Å². The van der Waals surface area contributed by atoms with Crippen LogP contribution < -0.4 is 0 Å². The number of carbonyl (C=O) groups is 1. The SMILES string of the molecule is CN(C)C(c1c(F)c(F)c(F)c(F)c1F)C1CCCCC1=O. The van der Waals surface area contributed by atoms with Gasteiger partial charge in [0.15, 0.2) is 23.3 Å². The number of nitrogens with zero attached hydrogens (tertiary/aromatic N) is 1. The summed E-state index contributed by atoms with van der Waals surface area (Å²) < 4.78 is 68.1. The van der Waals surface area contributed by atoms with Crippen molar-refractivity contribution in [3.05, 3.63) is 34.6 Å². The highest BCUT2D eigenvalue weighted by Crippen LogP contribution is 2.39. The Balaban J connectivity index is 2.61. The number of halogens is 5. The molecule has 1 aromatic rings. The quantitative estimate of drug-likeness (QED) is 0.480. The standard InChI is InChI=1S/C15H16F5NO/c1-21(2)15(7-5-3-4-6-8(7)22)9-10(16)12(18)14(20)13(19)11(9)17/h7,15H,3-6H2,1-2H3. The topological polar surface area (TPSA) is 20.3 Å². The molecule has 1 aromatic carbocycles. The van der Waals surface area contributed by atoms with E-state index in [1.165, 1.54) is 19.0 Å². The second-order valence-corrected chi connectivity index (χ2v) is 5.71. The van der Waals surface area contributed by atoms with Crippen LogP contribution in [-0.4, -0.2) is 24.8 Å². The Kier molecular flexibility index (Phi) is 4.84. The lowest BCUT2D eigenvalue weighted by molar-refractivity contribution is -0.126. The van der Waals surface area contributed by atoms with Crippen LogP contribution in [0.25, 0.3) is 0 Å². The third kappa shape index (κ3) is 2.74. The first-order chi connectivity index (χ1) is 10.3. The van der Waals surface area contributed by atoms with Gasteiger partial charge >= 0.3 is 0 Å². The van der Waals surface area contributed by atoms with Crippen molar-refractivity contribution in [3.63, 3.8) is 0 Å². The summed E-state index contributed by atoms with van der Waals surface area (Å²) in [6, 6.07) is -1.18. The number of ketones is 1. The van der Waals surface area contributed by atoms with Gasteiger partial charge in [0.1, 0.15) is 5.78 Å². The van der Waals surface area contributed by atoms with Crippen LogP contribution >= 0.6 is 0 Å². The molecule has 22 heavy (non-hydrogen) atoms. The van der Waals surface area contributed by atoms with Crippen molar-refractivity contribution in [3.8, 4) is 0 Å². The largest absolute Gasteiger partial charge is 0.301 e. The van der Waals surface area contributed by atoms with Crippen LogP contribution in [-0.2, 0) is 4.79 Å². The van der Waals surface area contributed by atoms with E-state index in [2.05, 4.69) is 0 Å². The monoisotopic (exact) mass is 321 g/mol. The van der Waals surface area contributed by atoms with Crippen LogP contribution in [0.2, 0.25) is 0 Å². The molecule has 2 unspecified atom stereocenters. The zero-order valence-electron chi connectivity index (χ0n) is 12.2. The molecule has 0 saturated heterocycles. The number of hydrogen-bond donors (Lipinski definition) is 0. The van der Waals surface area contributed by atoms with Crippen molar-refractivity contribution in [1.29, 1.82) is 0 Å². The molecule has 0 spiro atoms. The molecule has 0 N–H and O–H groups in total. The molecule has 0 heterocycles. The normalized spacial score (nSPS) is 20.5. The van der Waals surface area contributed by atoms with Crippen LogP contribution in [0.15, 0.2) is 0 Å². The van der Waals surface area contributed by atoms with Gasteiger partial charge in [0.25, 0.3) is 0 Å². The van der Waals surface area contributed by atoms with Crippen LogP contribution in [0.1, 0.15) is 37.3 Å². The van der Waals surface area contributed by atoms with E-state index in [4.69, 9.17) is 0 Å². The van der Waals surface area contributed by atoms with Gasteiger partial charge < -0.3 is 4.90 Å². The molecule has 0 bridgehead atoms. The number of carbonyl (C=O) groups excluding carboxylic acids is 1. The van der Waals surface area contributed by atoms with E-state index in [0.29, 0.717) is 19.3 Å². The van der Waals surface area contributed by atoms with Gasteiger partial charge in [-0.1, -0.05) is 6.42 Å². The van der Waals surface area contributed by atoms with E-state index in [9.17, 15) is 26.7 Å². The van der Waals surface area contributed by atoms with E-state index < -0.39 is 46.6 Å². The van der Waals surface area contributed by atoms with Crippen LogP contribution in [0, 0.1) is 35.0 Å². The molecule has 0 aromatic heterocycles. The highest BCUT2D eigenvalue weighted by Gasteiger charge is 2.39. The minimum Gasteiger partial charge on any atom is -0.301 e. The minimum absolute atomic E-state index is 0.214. The summed E-state index contributed by atoms with van der Waals surface area (Å²) in [5.74, 6) is -10.9. The fraction of sp³-hybridized carbons (Fsp3) is 0.533. The Morgan fingerprint density at radius 2 is 1.41 bits per heavy atom. The van der Waals surface area contributed by atoms with Crippen LogP contribution in [0.5, 0.6) is 0 Å². The third-order valence-corrected chi connectivity index (χ3v) is 4.08. The first kappa shape index (κ1) is 16.9. The summed E-state index contributed by atoms with van der Waals surface area (Å²) in [6.07, 6.45) is 1.97. The van der Waals surface area contributed by atoms with Crippen molar-refractivity contribution in [2.45, 2.75) is 31.7 Å². The molecule has 0 radical (unpaired) electrons. The van der Waals surface area contributed by atoms with E-state index in [1.807, 2.05) is 0 Å². The van der Waals surface area contributed by atoms with Gasteiger partial charge in [0.2, 0.25) is 5.82 Å². The lowest BCUT2D eigenvalue weighted by Gasteiger charge is -2.34. The fourth-order valence-electron chi connectivity index (χ4n) is 3.04. The summed E-state index contributed by atoms with van der Waals surface area (Å²) in [4.78, 5) is 13.4. The Morgan fingerprint density at radius 1 is 0.909 bits per heavy atom. The molecule has 7 heteroatoms. The molecule has 1 fully saturated rings. The number of hydrogen-bond acceptors (Lipinski definition) is 2. The van der Waals surface area contributed by atoms with E-state index in [1.54, 1.807) is 0 Å². The fourth-order valence-corrected chi connectivity index (χ4v) is 3.04. The molecular formula is C15H16F5NO. The van der Waals surface area contributed by atoms with Gasteiger partial charge in [0.05, 0.1) is 0 Å². The minimum atomic E-state index is -2.19. The number of benzene rings is 1. The van der Waals surface area contributed by atoms with E-state index in [0.717, 1.165) is 0 Å². The number of rotatable bonds is 3. The molecule has 0 amide bonds. The summed E-state index contributed by atoms with van der Waals surface area (Å²) in [5.41, 5.74) is -0.929. The molecule has 2 nitrogen and oxygen atoms in total. The second kappa shape index (κ2) is 6.32. The van der Waals surface area contributed by atoms with Gasteiger partial charge in [0, 0.05) is 23.9 Å². The molecule has 122 valence electrons. The molecular weight excluding hydrogens is 305 g/mol. The molecule has 1 aliphatic carbocycles. The molecule has 1 aliphatic rings. The predicted molar refractivity (Wildman–Crippen MR) is 69.6 cm³/mol. The number of Topliss-reactive ketones (excluding diaryl/α,β-unsaturated/α-hetero) is 1. The van der Waals surface area contributed by atoms with Gasteiger partial charge in [-0.25, -0.2) is 22.0 Å². The zero-order valence-corrected chi connectivity index (χ0v) is 12.2. The summed E-state index contributed by atoms with van der Waals surface area (Å²) in [6.45, 7) is 0. The highest BCUT2D eigenvalue weighted by atomic mass is 19.2. The average Bonchev–Trinajstić information content (AvgIpc) is 2.48. The van der Waals surface area contributed by atoms with Crippen molar-refractivity contribution in [2.75, 3.05) is 14.1 Å². The second-order valence-electron chi connectivity index (χ2n) is 5.71. The Labute approximate surface area is 124 Å². The van der Waals surface area contributed by atoms with Crippen LogP contribution in [0.3, 0.4) is 0 Å². The van der Waals surface area contributed by atoms with Crippen LogP contribution in [0.4, 0.5) is 22.0 Å². The summed E-state index contributed by atoms with van der Waals surface area (Å²) in [7, 11) is 2.90. The third-order valence-electron chi connectivity index (χ3n) is 4.08. The first-order valence-corrected chi connectivity index (χ1v) is 6.97. The first-order valence-electron chi connectivity index (χ1n) is 6.97. The Hall–Kier alpha value is -1.50. The average molecular weight is 321 g/mol. The Bertz CT molecular complexity index is 573. The predicted octanol–water partition coefficient (Wildman–Crippen LogP) is 3.74. The lowest BCUT2D eigenvalue weighted by Crippen LogP contribution is -2.36. The zero-order chi connectivity index (χ0) is 16.6. The van der Waals surface area contributed by atoms with Gasteiger partial charge in [-0.15, -0.1) is 0 Å². The van der Waals surface area contributed by atoms with Crippen molar-refractivity contribution in [1.82, 2.24) is 4.90 Å².